The Morgan fingerprint density at radius 3 is 2.57 bits per heavy atom. The lowest BCUT2D eigenvalue weighted by atomic mass is 10.0. The molecular formula is C21H20N2O7. The van der Waals surface area contributed by atoms with Crippen molar-refractivity contribution in [2.75, 3.05) is 19.0 Å². The van der Waals surface area contributed by atoms with Gasteiger partial charge in [-0.05, 0) is 30.2 Å². The third-order valence-corrected chi connectivity index (χ3v) is 4.66. The number of ether oxygens (including phenoxy) is 1. The lowest BCUT2D eigenvalue weighted by molar-refractivity contribution is -0.384. The van der Waals surface area contributed by atoms with Crippen molar-refractivity contribution in [3.8, 4) is 5.75 Å². The molecule has 0 atom stereocenters. The number of nitro benzene ring substituents is 1. The minimum Gasteiger partial charge on any atom is -0.508 e. The van der Waals surface area contributed by atoms with Gasteiger partial charge in [-0.1, -0.05) is 6.92 Å². The predicted octanol–water partition coefficient (Wildman–Crippen LogP) is 3.39. The number of aromatic hydroxyl groups is 1. The molecule has 0 unspecified atom stereocenters. The maximum absolute atomic E-state index is 12.5. The molecule has 0 spiro atoms. The van der Waals surface area contributed by atoms with Crippen LogP contribution in [0.4, 0.5) is 11.4 Å². The molecule has 9 nitrogen and oxygen atoms in total. The van der Waals surface area contributed by atoms with Crippen molar-refractivity contribution >= 4 is 28.3 Å². The van der Waals surface area contributed by atoms with Crippen molar-refractivity contribution in [3.05, 3.63) is 73.6 Å². The Kier molecular flexibility index (Phi) is 5.72. The monoisotopic (exact) mass is 412 g/mol. The van der Waals surface area contributed by atoms with Crippen molar-refractivity contribution in [3.63, 3.8) is 0 Å². The molecule has 9 heteroatoms. The van der Waals surface area contributed by atoms with E-state index in [4.69, 9.17) is 9.15 Å². The number of esters is 1. The molecular weight excluding hydrogens is 392 g/mol. The fourth-order valence-electron chi connectivity index (χ4n) is 3.11. The number of rotatable bonds is 6. The molecule has 0 fully saturated rings. The maximum atomic E-state index is 12.5. The van der Waals surface area contributed by atoms with E-state index in [1.807, 2.05) is 6.92 Å². The predicted molar refractivity (Wildman–Crippen MR) is 110 cm³/mol. The maximum Gasteiger partial charge on any atom is 0.338 e. The Morgan fingerprint density at radius 1 is 1.20 bits per heavy atom. The third-order valence-electron chi connectivity index (χ3n) is 4.66. The molecule has 0 aliphatic heterocycles. The topological polar surface area (TPSA) is 123 Å². The summed E-state index contributed by atoms with van der Waals surface area (Å²) < 4.78 is 10.4. The average Bonchev–Trinajstić information content (AvgIpc) is 2.70. The third kappa shape index (κ3) is 4.09. The van der Waals surface area contributed by atoms with Crippen molar-refractivity contribution in [2.24, 2.45) is 0 Å². The molecule has 1 heterocycles. The number of aryl methyl sites for hydroxylation is 1. The minimum atomic E-state index is -0.765. The van der Waals surface area contributed by atoms with Crippen LogP contribution >= 0.6 is 0 Å². The Hall–Kier alpha value is -3.88. The second-order valence-electron chi connectivity index (χ2n) is 6.85. The number of hydrogen-bond acceptors (Lipinski definition) is 8. The van der Waals surface area contributed by atoms with Gasteiger partial charge in [-0.15, -0.1) is 0 Å². The average molecular weight is 412 g/mol. The van der Waals surface area contributed by atoms with Gasteiger partial charge in [0.15, 0.2) is 0 Å². The summed E-state index contributed by atoms with van der Waals surface area (Å²) >= 11 is 0. The van der Waals surface area contributed by atoms with Crippen LogP contribution in [0.3, 0.4) is 0 Å². The number of benzene rings is 2. The number of carbonyl (C=O) groups excluding carboxylic acids is 1. The highest BCUT2D eigenvalue weighted by molar-refractivity contribution is 5.91. The van der Waals surface area contributed by atoms with Crippen LogP contribution in [0, 0.1) is 10.1 Å². The molecule has 1 N–H and O–H groups in total. The van der Waals surface area contributed by atoms with Crippen LogP contribution in [-0.2, 0) is 17.8 Å². The van der Waals surface area contributed by atoms with Crippen molar-refractivity contribution in [2.45, 2.75) is 20.0 Å². The first-order valence-corrected chi connectivity index (χ1v) is 9.12. The molecule has 0 amide bonds. The summed E-state index contributed by atoms with van der Waals surface area (Å²) in [6, 6.07) is 8.30. The number of nitrogens with zero attached hydrogens (tertiary/aromatic N) is 2. The van der Waals surface area contributed by atoms with E-state index in [1.165, 1.54) is 24.3 Å². The Balaban J connectivity index is 1.91. The summed E-state index contributed by atoms with van der Waals surface area (Å²) in [5.74, 6) is -0.755. The number of phenols is 1. The van der Waals surface area contributed by atoms with E-state index < -0.39 is 16.5 Å². The summed E-state index contributed by atoms with van der Waals surface area (Å²) in [7, 11) is 3.32. The first kappa shape index (κ1) is 20.8. The lowest BCUT2D eigenvalue weighted by Gasteiger charge is -2.13. The first-order chi connectivity index (χ1) is 14.2. The van der Waals surface area contributed by atoms with Gasteiger partial charge in [0.05, 0.1) is 10.5 Å². The molecule has 0 saturated carbocycles. The van der Waals surface area contributed by atoms with E-state index in [1.54, 1.807) is 25.1 Å². The van der Waals surface area contributed by atoms with Gasteiger partial charge in [0.2, 0.25) is 0 Å². The van der Waals surface area contributed by atoms with Gasteiger partial charge < -0.3 is 19.2 Å². The summed E-state index contributed by atoms with van der Waals surface area (Å²) in [6.07, 6.45) is 0.558. The fourth-order valence-corrected chi connectivity index (χ4v) is 3.11. The summed E-state index contributed by atoms with van der Waals surface area (Å²) in [6.45, 7) is 1.63. The normalized spacial score (nSPS) is 10.8. The number of anilines is 1. The number of hydrogen-bond donors (Lipinski definition) is 1. The molecule has 3 aromatic rings. The number of fused-ring (bicyclic) bond motifs is 1. The van der Waals surface area contributed by atoms with Gasteiger partial charge in [-0.25, -0.2) is 9.59 Å². The van der Waals surface area contributed by atoms with E-state index in [0.29, 0.717) is 28.6 Å². The van der Waals surface area contributed by atoms with E-state index in [0.717, 1.165) is 6.07 Å². The van der Waals surface area contributed by atoms with E-state index in [9.17, 15) is 24.8 Å². The van der Waals surface area contributed by atoms with Gasteiger partial charge in [0, 0.05) is 43.2 Å². The number of nitro groups is 1. The van der Waals surface area contributed by atoms with Crippen LogP contribution in [0.5, 0.6) is 5.75 Å². The van der Waals surface area contributed by atoms with Crippen LogP contribution in [0.15, 0.2) is 45.6 Å². The molecule has 156 valence electrons. The van der Waals surface area contributed by atoms with Crippen LogP contribution in [0.1, 0.15) is 28.4 Å². The first-order valence-electron chi connectivity index (χ1n) is 9.12. The summed E-state index contributed by atoms with van der Waals surface area (Å²) in [5, 5.41) is 21.8. The van der Waals surface area contributed by atoms with Gasteiger partial charge in [-0.2, -0.15) is 0 Å². The van der Waals surface area contributed by atoms with E-state index >= 15 is 0 Å². The second-order valence-corrected chi connectivity index (χ2v) is 6.85. The van der Waals surface area contributed by atoms with Gasteiger partial charge in [0.1, 0.15) is 23.6 Å². The summed E-state index contributed by atoms with van der Waals surface area (Å²) in [5.41, 5.74) is 0.741. The molecule has 1 aromatic heterocycles. The lowest BCUT2D eigenvalue weighted by Crippen LogP contribution is -2.13. The van der Waals surface area contributed by atoms with E-state index in [2.05, 4.69) is 0 Å². The quantitative estimate of drug-likeness (QED) is 0.283. The van der Waals surface area contributed by atoms with Crippen LogP contribution in [-0.4, -0.2) is 30.1 Å². The van der Waals surface area contributed by atoms with Crippen LogP contribution in [0.25, 0.3) is 11.0 Å². The smallest absolute Gasteiger partial charge is 0.338 e. The Labute approximate surface area is 171 Å². The molecule has 0 aliphatic rings. The highest BCUT2D eigenvalue weighted by atomic mass is 16.6. The zero-order valence-electron chi connectivity index (χ0n) is 16.7. The zero-order valence-corrected chi connectivity index (χ0v) is 16.7. The molecule has 3 rings (SSSR count). The van der Waals surface area contributed by atoms with E-state index in [-0.39, 0.29) is 29.2 Å². The number of phenolic OH excluding ortho intramolecular Hbond substituents is 1. The molecule has 0 saturated heterocycles. The highest BCUT2D eigenvalue weighted by Gasteiger charge is 2.20. The molecule has 0 aliphatic carbocycles. The van der Waals surface area contributed by atoms with Crippen molar-refractivity contribution in [1.82, 2.24) is 0 Å². The minimum absolute atomic E-state index is 0.00980. The van der Waals surface area contributed by atoms with Crippen LogP contribution < -0.4 is 10.5 Å². The SMILES string of the molecule is CCc1cc2c(COC(=O)c3ccc(N(C)C)c([N+](=O)[O-])c3)cc(=O)oc2cc1O. The van der Waals surface area contributed by atoms with Crippen molar-refractivity contribution in [1.29, 1.82) is 0 Å². The van der Waals surface area contributed by atoms with Gasteiger partial charge >= 0.3 is 11.6 Å². The van der Waals surface area contributed by atoms with Crippen LogP contribution in [0.2, 0.25) is 0 Å². The zero-order chi connectivity index (χ0) is 22.0. The second kappa shape index (κ2) is 8.24. The Bertz CT molecular complexity index is 1200. The molecule has 0 radical (unpaired) electrons. The summed E-state index contributed by atoms with van der Waals surface area (Å²) in [4.78, 5) is 36.6. The largest absolute Gasteiger partial charge is 0.508 e. The standard InChI is InChI=1S/C21H20N2O7/c1-4-12-7-15-14(9-20(25)30-19(15)10-18(12)24)11-29-21(26)13-5-6-16(22(2)3)17(8-13)23(27)28/h5-10,24H,4,11H2,1-3H3. The molecule has 2 aromatic carbocycles. The van der Waals surface area contributed by atoms with Crippen molar-refractivity contribution < 1.29 is 24.0 Å². The Morgan fingerprint density at radius 2 is 1.93 bits per heavy atom. The van der Waals surface area contributed by atoms with Gasteiger partial charge in [-0.3, -0.25) is 10.1 Å². The fraction of sp³-hybridized carbons (Fsp3) is 0.238. The molecule has 0 bridgehead atoms. The number of carbonyl (C=O) groups is 1. The molecule has 30 heavy (non-hydrogen) atoms. The van der Waals surface area contributed by atoms with Gasteiger partial charge in [0.25, 0.3) is 5.69 Å². The highest BCUT2D eigenvalue weighted by Crippen LogP contribution is 2.29.